The van der Waals surface area contributed by atoms with Crippen LogP contribution in [-0.4, -0.2) is 48.4 Å². The summed E-state index contributed by atoms with van der Waals surface area (Å²) in [4.78, 5) is 2.08. The summed E-state index contributed by atoms with van der Waals surface area (Å²) in [6.07, 6.45) is -1.39. The first-order chi connectivity index (χ1) is 13.3. The first-order valence-corrected chi connectivity index (χ1v) is 9.53. The second-order valence-electron chi connectivity index (χ2n) is 6.90. The fourth-order valence-corrected chi connectivity index (χ4v) is 2.97. The van der Waals surface area contributed by atoms with Crippen molar-refractivity contribution >= 4 is 0 Å². The van der Waals surface area contributed by atoms with Crippen LogP contribution in [0.3, 0.4) is 0 Å². The van der Waals surface area contributed by atoms with Crippen LogP contribution in [-0.2, 0) is 12.7 Å². The van der Waals surface area contributed by atoms with Crippen LogP contribution in [0.1, 0.15) is 37.8 Å². The molecule has 1 aromatic heterocycles. The predicted molar refractivity (Wildman–Crippen MR) is 104 cm³/mol. The number of nitrogens with one attached hydrogen (secondary N) is 2. The smallest absolute Gasteiger partial charge is 0.416 e. The van der Waals surface area contributed by atoms with Crippen LogP contribution in [0.15, 0.2) is 24.4 Å². The Morgan fingerprint density at radius 2 is 1.93 bits per heavy atom. The van der Waals surface area contributed by atoms with E-state index in [1.54, 1.807) is 12.3 Å². The Labute approximate surface area is 164 Å². The Morgan fingerprint density at radius 1 is 1.21 bits per heavy atom. The van der Waals surface area contributed by atoms with Crippen LogP contribution in [0.2, 0.25) is 0 Å². The Kier molecular flexibility index (Phi) is 7.88. The van der Waals surface area contributed by atoms with E-state index in [2.05, 4.69) is 20.4 Å². The number of H-pyrrole nitrogens is 1. The molecule has 0 fully saturated rings. The Morgan fingerprint density at radius 3 is 2.54 bits per heavy atom. The van der Waals surface area contributed by atoms with E-state index in [0.717, 1.165) is 43.6 Å². The van der Waals surface area contributed by atoms with Crippen LogP contribution in [0.25, 0.3) is 11.3 Å². The van der Waals surface area contributed by atoms with Gasteiger partial charge in [0.1, 0.15) is 5.75 Å². The molecule has 2 rings (SSSR count). The topological polar surface area (TPSA) is 53.2 Å². The Balaban J connectivity index is 2.38. The van der Waals surface area contributed by atoms with E-state index < -0.39 is 11.7 Å². The highest BCUT2D eigenvalue weighted by atomic mass is 19.4. The third-order valence-corrected chi connectivity index (χ3v) is 4.62. The van der Waals surface area contributed by atoms with Crippen molar-refractivity contribution in [3.63, 3.8) is 0 Å². The minimum absolute atomic E-state index is 0.123. The standard InChI is InChI=1S/C20H29F3N4O/c1-5-17(6-2)28-18-10-14(9-16(11-18)20(21,22)23)19-15(12-25-26-19)13-27(4)8-7-24-3/h9-12,17,24H,5-8,13H2,1-4H3,(H,25,26). The van der Waals surface area contributed by atoms with Gasteiger partial charge in [-0.1, -0.05) is 13.8 Å². The lowest BCUT2D eigenvalue weighted by atomic mass is 10.0. The lowest BCUT2D eigenvalue weighted by Crippen LogP contribution is -2.27. The van der Waals surface area contributed by atoms with Crippen molar-refractivity contribution < 1.29 is 17.9 Å². The SMILES string of the molecule is CCC(CC)Oc1cc(-c2n[nH]cc2CN(C)CCNC)cc(C(F)(F)F)c1. The summed E-state index contributed by atoms with van der Waals surface area (Å²) in [6.45, 7) is 6.12. The lowest BCUT2D eigenvalue weighted by Gasteiger charge is -2.19. The Bertz CT molecular complexity index is 741. The molecule has 8 heteroatoms. The van der Waals surface area contributed by atoms with Gasteiger partial charge in [0, 0.05) is 37.0 Å². The fourth-order valence-electron chi connectivity index (χ4n) is 2.97. The zero-order valence-electron chi connectivity index (χ0n) is 16.9. The summed E-state index contributed by atoms with van der Waals surface area (Å²) >= 11 is 0. The van der Waals surface area contributed by atoms with Crippen LogP contribution in [0.4, 0.5) is 13.2 Å². The number of benzene rings is 1. The average molecular weight is 398 g/mol. The van der Waals surface area contributed by atoms with E-state index in [4.69, 9.17) is 4.74 Å². The van der Waals surface area contributed by atoms with Gasteiger partial charge in [0.25, 0.3) is 0 Å². The van der Waals surface area contributed by atoms with Gasteiger partial charge >= 0.3 is 6.18 Å². The van der Waals surface area contributed by atoms with Gasteiger partial charge in [0.15, 0.2) is 0 Å². The van der Waals surface area contributed by atoms with E-state index >= 15 is 0 Å². The van der Waals surface area contributed by atoms with Crippen LogP contribution >= 0.6 is 0 Å². The number of likely N-dealkylation sites (N-methyl/N-ethyl adjacent to an activating group) is 2. The highest BCUT2D eigenvalue weighted by molar-refractivity contribution is 5.66. The summed E-state index contributed by atoms with van der Waals surface area (Å²) in [5, 5.41) is 10.1. The maximum Gasteiger partial charge on any atom is 0.416 e. The van der Waals surface area contributed by atoms with E-state index in [0.29, 0.717) is 17.8 Å². The molecule has 0 amide bonds. The molecule has 2 N–H and O–H groups in total. The zero-order valence-corrected chi connectivity index (χ0v) is 16.9. The number of nitrogens with zero attached hydrogens (tertiary/aromatic N) is 2. The van der Waals surface area contributed by atoms with Crippen molar-refractivity contribution in [2.24, 2.45) is 0 Å². The van der Waals surface area contributed by atoms with Gasteiger partial charge in [-0.3, -0.25) is 5.10 Å². The van der Waals surface area contributed by atoms with Crippen molar-refractivity contribution in [3.05, 3.63) is 35.5 Å². The fraction of sp³-hybridized carbons (Fsp3) is 0.550. The van der Waals surface area contributed by atoms with Crippen LogP contribution in [0, 0.1) is 0 Å². The monoisotopic (exact) mass is 398 g/mol. The van der Waals surface area contributed by atoms with Crippen molar-refractivity contribution in [2.75, 3.05) is 27.2 Å². The van der Waals surface area contributed by atoms with Crippen LogP contribution < -0.4 is 10.1 Å². The van der Waals surface area contributed by atoms with E-state index in [9.17, 15) is 13.2 Å². The molecule has 0 spiro atoms. The quantitative estimate of drug-likeness (QED) is 0.626. The molecule has 1 aromatic carbocycles. The number of aromatic nitrogens is 2. The van der Waals surface area contributed by atoms with Crippen molar-refractivity contribution in [1.82, 2.24) is 20.4 Å². The van der Waals surface area contributed by atoms with E-state index in [1.807, 2.05) is 27.9 Å². The van der Waals surface area contributed by atoms with Crippen molar-refractivity contribution in [3.8, 4) is 17.0 Å². The second kappa shape index (κ2) is 9.93. The number of hydrogen-bond acceptors (Lipinski definition) is 4. The number of rotatable bonds is 10. The predicted octanol–water partition coefficient (Wildman–Crippen LogP) is 4.31. The summed E-state index contributed by atoms with van der Waals surface area (Å²) < 4.78 is 46.1. The van der Waals surface area contributed by atoms with Crippen molar-refractivity contribution in [2.45, 2.75) is 45.5 Å². The maximum absolute atomic E-state index is 13.4. The molecule has 0 saturated heterocycles. The van der Waals surface area contributed by atoms with Gasteiger partial charge in [-0.25, -0.2) is 0 Å². The molecule has 0 bridgehead atoms. The molecule has 0 unspecified atom stereocenters. The normalized spacial score (nSPS) is 12.2. The molecular weight excluding hydrogens is 369 g/mol. The van der Waals surface area contributed by atoms with Gasteiger partial charge in [-0.05, 0) is 45.1 Å². The van der Waals surface area contributed by atoms with Gasteiger partial charge in [-0.15, -0.1) is 0 Å². The molecule has 156 valence electrons. The highest BCUT2D eigenvalue weighted by Gasteiger charge is 2.32. The minimum atomic E-state index is -4.46. The van der Waals surface area contributed by atoms with Crippen molar-refractivity contribution in [1.29, 1.82) is 0 Å². The number of hydrogen-bond donors (Lipinski definition) is 2. The highest BCUT2D eigenvalue weighted by Crippen LogP contribution is 2.36. The summed E-state index contributed by atoms with van der Waals surface area (Å²) in [5.41, 5.74) is 1.01. The molecule has 0 aliphatic heterocycles. The summed E-state index contributed by atoms with van der Waals surface area (Å²) in [5.74, 6) is 0.219. The van der Waals surface area contributed by atoms with Gasteiger partial charge < -0.3 is 15.0 Å². The van der Waals surface area contributed by atoms with E-state index in [1.165, 1.54) is 0 Å². The minimum Gasteiger partial charge on any atom is -0.490 e. The van der Waals surface area contributed by atoms with Gasteiger partial charge in [0.2, 0.25) is 0 Å². The molecule has 2 aromatic rings. The zero-order chi connectivity index (χ0) is 20.7. The maximum atomic E-state index is 13.4. The molecular formula is C20H29F3N4O. The lowest BCUT2D eigenvalue weighted by molar-refractivity contribution is -0.137. The molecule has 0 saturated carbocycles. The Hall–Kier alpha value is -2.06. The second-order valence-corrected chi connectivity index (χ2v) is 6.90. The molecule has 5 nitrogen and oxygen atoms in total. The summed E-state index contributed by atoms with van der Waals surface area (Å²) in [6, 6.07) is 3.83. The molecule has 1 heterocycles. The first-order valence-electron chi connectivity index (χ1n) is 9.53. The largest absolute Gasteiger partial charge is 0.490 e. The molecule has 28 heavy (non-hydrogen) atoms. The van der Waals surface area contributed by atoms with Gasteiger partial charge in [-0.2, -0.15) is 18.3 Å². The van der Waals surface area contributed by atoms with E-state index in [-0.39, 0.29) is 11.9 Å². The van der Waals surface area contributed by atoms with Gasteiger partial charge in [0.05, 0.1) is 17.4 Å². The third-order valence-electron chi connectivity index (χ3n) is 4.62. The molecule has 0 atom stereocenters. The number of ether oxygens (including phenoxy) is 1. The summed E-state index contributed by atoms with van der Waals surface area (Å²) in [7, 11) is 3.84. The number of aromatic amines is 1. The molecule has 0 aliphatic carbocycles. The van der Waals surface area contributed by atoms with Crippen LogP contribution in [0.5, 0.6) is 5.75 Å². The average Bonchev–Trinajstić information content (AvgIpc) is 3.11. The third kappa shape index (κ3) is 5.97. The number of alkyl halides is 3. The first kappa shape index (κ1) is 22.2. The number of halogens is 3. The molecule has 0 radical (unpaired) electrons. The molecule has 0 aliphatic rings.